The van der Waals surface area contributed by atoms with Crippen LogP contribution in [0.3, 0.4) is 0 Å². The third-order valence-corrected chi connectivity index (χ3v) is 6.03. The maximum Gasteiger partial charge on any atom is 0.307 e. The third-order valence-electron chi connectivity index (χ3n) is 5.53. The van der Waals surface area contributed by atoms with Gasteiger partial charge in [-0.3, -0.25) is 4.79 Å². The highest BCUT2D eigenvalue weighted by Gasteiger charge is 2.12. The van der Waals surface area contributed by atoms with Crippen LogP contribution in [0.5, 0.6) is 11.5 Å². The van der Waals surface area contributed by atoms with Gasteiger partial charge in [-0.25, -0.2) is 5.43 Å². The summed E-state index contributed by atoms with van der Waals surface area (Å²) in [4.78, 5) is 12.4. The number of rotatable bonds is 7. The van der Waals surface area contributed by atoms with Crippen LogP contribution in [-0.4, -0.2) is 19.2 Å². The number of furan rings is 1. The Kier molecular flexibility index (Phi) is 6.50. The molecule has 5 aromatic rings. The summed E-state index contributed by atoms with van der Waals surface area (Å²) in [6.45, 7) is 0.412. The van der Waals surface area contributed by atoms with Crippen molar-refractivity contribution < 1.29 is 18.7 Å². The fourth-order valence-corrected chi connectivity index (χ4v) is 4.18. The lowest BCUT2D eigenvalue weighted by Crippen LogP contribution is -2.16. The number of amides is 1. The molecule has 0 saturated heterocycles. The summed E-state index contributed by atoms with van der Waals surface area (Å²) in [5, 5.41) is 7.21. The lowest BCUT2D eigenvalue weighted by atomic mass is 10.1. The average Bonchev–Trinajstić information content (AvgIpc) is 3.31. The molecule has 0 bridgehead atoms. The maximum atomic E-state index is 12.4. The van der Waals surface area contributed by atoms with E-state index in [1.54, 1.807) is 25.3 Å². The van der Waals surface area contributed by atoms with E-state index in [2.05, 4.69) is 50.7 Å². The van der Waals surface area contributed by atoms with E-state index in [1.165, 1.54) is 11.6 Å². The summed E-state index contributed by atoms with van der Waals surface area (Å²) in [7, 11) is 1.59. The van der Waals surface area contributed by atoms with Gasteiger partial charge in [0.2, 0.25) is 0 Å². The Balaban J connectivity index is 1.25. The largest absolute Gasteiger partial charge is 0.493 e. The van der Waals surface area contributed by atoms with Crippen LogP contribution in [0.15, 0.2) is 98.9 Å². The molecule has 0 spiro atoms. The minimum absolute atomic E-state index is 0.185. The van der Waals surface area contributed by atoms with Gasteiger partial charge in [0, 0.05) is 9.86 Å². The number of halogens is 1. The van der Waals surface area contributed by atoms with Gasteiger partial charge in [0.25, 0.3) is 0 Å². The zero-order chi connectivity index (χ0) is 24.2. The Morgan fingerprint density at radius 1 is 0.971 bits per heavy atom. The van der Waals surface area contributed by atoms with Crippen molar-refractivity contribution in [2.75, 3.05) is 7.11 Å². The first-order valence-electron chi connectivity index (χ1n) is 10.9. The van der Waals surface area contributed by atoms with Gasteiger partial charge >= 0.3 is 5.91 Å². The van der Waals surface area contributed by atoms with Crippen LogP contribution in [0.1, 0.15) is 21.7 Å². The van der Waals surface area contributed by atoms with E-state index < -0.39 is 5.91 Å². The molecule has 1 amide bonds. The normalized spacial score (nSPS) is 11.3. The predicted octanol–water partition coefficient (Wildman–Crippen LogP) is 6.70. The second kappa shape index (κ2) is 10.0. The van der Waals surface area contributed by atoms with Crippen molar-refractivity contribution in [3.8, 4) is 11.5 Å². The number of ether oxygens (including phenoxy) is 2. The van der Waals surface area contributed by atoms with Gasteiger partial charge in [-0.1, -0.05) is 58.4 Å². The molecule has 0 atom stereocenters. The van der Waals surface area contributed by atoms with Crippen LogP contribution in [0.2, 0.25) is 0 Å². The molecular formula is C28H21BrN2O4. The molecular weight excluding hydrogens is 508 g/mol. The zero-order valence-corrected chi connectivity index (χ0v) is 20.4. The van der Waals surface area contributed by atoms with E-state index in [1.807, 2.05) is 42.5 Å². The smallest absolute Gasteiger partial charge is 0.307 e. The van der Waals surface area contributed by atoms with E-state index >= 15 is 0 Å². The molecule has 0 fully saturated rings. The van der Waals surface area contributed by atoms with Crippen molar-refractivity contribution in [3.63, 3.8) is 0 Å². The molecule has 1 aromatic heterocycles. The quantitative estimate of drug-likeness (QED) is 0.188. The fourth-order valence-electron chi connectivity index (χ4n) is 3.80. The number of methoxy groups -OCH3 is 1. The first-order valence-corrected chi connectivity index (χ1v) is 11.7. The molecule has 1 heterocycles. The van der Waals surface area contributed by atoms with Crippen molar-refractivity contribution in [1.82, 2.24) is 5.43 Å². The highest BCUT2D eigenvalue weighted by atomic mass is 79.9. The van der Waals surface area contributed by atoms with Gasteiger partial charge < -0.3 is 13.9 Å². The summed E-state index contributed by atoms with van der Waals surface area (Å²) in [6, 6.07) is 27.1. The lowest BCUT2D eigenvalue weighted by Gasteiger charge is -2.12. The molecule has 0 aliphatic rings. The predicted molar refractivity (Wildman–Crippen MR) is 140 cm³/mol. The number of nitrogens with zero attached hydrogens (tertiary/aromatic N) is 1. The fraction of sp³-hybridized carbons (Fsp3) is 0.0714. The summed E-state index contributed by atoms with van der Waals surface area (Å²) >= 11 is 3.41. The van der Waals surface area contributed by atoms with Crippen molar-refractivity contribution in [3.05, 3.63) is 106 Å². The van der Waals surface area contributed by atoms with E-state index in [0.29, 0.717) is 23.7 Å². The Labute approximate surface area is 210 Å². The molecule has 0 aliphatic carbocycles. The first kappa shape index (κ1) is 22.7. The Bertz CT molecular complexity index is 1550. The van der Waals surface area contributed by atoms with Gasteiger partial charge in [0.15, 0.2) is 17.3 Å². The van der Waals surface area contributed by atoms with Crippen molar-refractivity contribution in [2.45, 2.75) is 6.61 Å². The Morgan fingerprint density at radius 2 is 1.83 bits per heavy atom. The van der Waals surface area contributed by atoms with Crippen molar-refractivity contribution in [2.24, 2.45) is 5.10 Å². The molecule has 0 saturated carbocycles. The van der Waals surface area contributed by atoms with Gasteiger partial charge in [0.05, 0.1) is 13.3 Å². The molecule has 0 unspecified atom stereocenters. The van der Waals surface area contributed by atoms with Crippen LogP contribution in [-0.2, 0) is 6.61 Å². The van der Waals surface area contributed by atoms with Crippen molar-refractivity contribution >= 4 is 49.8 Å². The van der Waals surface area contributed by atoms with Gasteiger partial charge in [-0.05, 0) is 64.4 Å². The standard InChI is InChI=1S/C28H21BrN2O4/c1-33-26-13-18(16-30-31-28(32)27-15-21-14-22(29)10-12-24(21)35-27)9-11-25(26)34-17-20-7-4-6-19-5-2-3-8-23(19)20/h2-16H,17H2,1H3,(H,31,32)/b30-16+. The molecule has 5 rings (SSSR count). The Morgan fingerprint density at radius 3 is 2.71 bits per heavy atom. The number of carbonyl (C=O) groups is 1. The van der Waals surface area contributed by atoms with Crippen LogP contribution < -0.4 is 14.9 Å². The van der Waals surface area contributed by atoms with E-state index in [9.17, 15) is 4.79 Å². The van der Waals surface area contributed by atoms with Gasteiger partial charge in [0.1, 0.15) is 12.2 Å². The second-order valence-electron chi connectivity index (χ2n) is 7.83. The number of hydrazone groups is 1. The van der Waals surface area contributed by atoms with Crippen LogP contribution in [0.25, 0.3) is 21.7 Å². The number of hydrogen-bond acceptors (Lipinski definition) is 5. The number of hydrogen-bond donors (Lipinski definition) is 1. The van der Waals surface area contributed by atoms with E-state index in [-0.39, 0.29) is 5.76 Å². The molecule has 35 heavy (non-hydrogen) atoms. The molecule has 0 radical (unpaired) electrons. The molecule has 174 valence electrons. The zero-order valence-electron chi connectivity index (χ0n) is 18.8. The number of nitrogens with one attached hydrogen (secondary N) is 1. The molecule has 4 aromatic carbocycles. The molecule has 7 heteroatoms. The monoisotopic (exact) mass is 528 g/mol. The number of fused-ring (bicyclic) bond motifs is 2. The second-order valence-corrected chi connectivity index (χ2v) is 8.74. The summed E-state index contributed by atoms with van der Waals surface area (Å²) in [6.07, 6.45) is 1.54. The summed E-state index contributed by atoms with van der Waals surface area (Å²) in [5.41, 5.74) is 4.96. The van der Waals surface area contributed by atoms with E-state index in [4.69, 9.17) is 13.9 Å². The average molecular weight is 529 g/mol. The minimum Gasteiger partial charge on any atom is -0.493 e. The van der Waals surface area contributed by atoms with Crippen LogP contribution in [0, 0.1) is 0 Å². The summed E-state index contributed by atoms with van der Waals surface area (Å²) < 4.78 is 18.1. The van der Waals surface area contributed by atoms with Gasteiger partial charge in [-0.2, -0.15) is 5.10 Å². The highest BCUT2D eigenvalue weighted by molar-refractivity contribution is 9.10. The highest BCUT2D eigenvalue weighted by Crippen LogP contribution is 2.29. The third kappa shape index (κ3) is 5.05. The SMILES string of the molecule is COc1cc(/C=N/NC(=O)c2cc3cc(Br)ccc3o2)ccc1OCc1cccc2ccccc12. The first-order chi connectivity index (χ1) is 17.1. The number of benzene rings is 4. The number of carbonyl (C=O) groups excluding carboxylic acids is 1. The van der Waals surface area contributed by atoms with Crippen molar-refractivity contribution in [1.29, 1.82) is 0 Å². The molecule has 0 aliphatic heterocycles. The van der Waals surface area contributed by atoms with E-state index in [0.717, 1.165) is 26.4 Å². The lowest BCUT2D eigenvalue weighted by molar-refractivity contribution is 0.0929. The minimum atomic E-state index is -0.435. The van der Waals surface area contributed by atoms with Crippen LogP contribution in [0.4, 0.5) is 0 Å². The molecule has 1 N–H and O–H groups in total. The molecule has 6 nitrogen and oxygen atoms in total. The van der Waals surface area contributed by atoms with Crippen LogP contribution >= 0.6 is 15.9 Å². The van der Waals surface area contributed by atoms with Gasteiger partial charge in [-0.15, -0.1) is 0 Å². The summed E-state index contributed by atoms with van der Waals surface area (Å²) in [5.74, 6) is 0.944. The topological polar surface area (TPSA) is 73.1 Å². The maximum absolute atomic E-state index is 12.4. The Hall–Kier alpha value is -4.10.